The van der Waals surface area contributed by atoms with Crippen molar-refractivity contribution in [1.82, 2.24) is 14.7 Å². The summed E-state index contributed by atoms with van der Waals surface area (Å²) in [7, 11) is 0. The van der Waals surface area contributed by atoms with Crippen molar-refractivity contribution in [3.05, 3.63) is 83.4 Å². The molecule has 2 aliphatic heterocycles. The Kier molecular flexibility index (Phi) is 7.13. The summed E-state index contributed by atoms with van der Waals surface area (Å²) in [6, 6.07) is 21.7. The highest BCUT2D eigenvalue weighted by molar-refractivity contribution is 6.05. The number of piperazine rings is 1. The molecule has 2 heterocycles. The largest absolute Gasteiger partial charge is 0.290 e. The summed E-state index contributed by atoms with van der Waals surface area (Å²) >= 11 is 0. The zero-order valence-corrected chi connectivity index (χ0v) is 20.4. The van der Waals surface area contributed by atoms with Crippen LogP contribution in [-0.4, -0.2) is 65.8 Å². The van der Waals surface area contributed by atoms with Crippen molar-refractivity contribution in [2.45, 2.75) is 25.8 Å². The average Bonchev–Trinajstić information content (AvgIpc) is 3.13. The Balaban J connectivity index is 1.16. The molecule has 2 aromatic rings. The number of carbonyl (C=O) groups is 2. The number of fused-ring (bicyclic) bond motifs is 1. The van der Waals surface area contributed by atoms with Gasteiger partial charge in [0.2, 0.25) is 11.8 Å². The minimum Gasteiger partial charge on any atom is -0.290 e. The summed E-state index contributed by atoms with van der Waals surface area (Å²) in [4.78, 5) is 31.7. The molecule has 5 heteroatoms. The lowest BCUT2D eigenvalue weighted by atomic mass is 9.82. The minimum atomic E-state index is -0.178. The van der Waals surface area contributed by atoms with Crippen molar-refractivity contribution in [3.63, 3.8) is 0 Å². The van der Waals surface area contributed by atoms with E-state index in [2.05, 4.69) is 88.4 Å². The lowest BCUT2D eigenvalue weighted by Gasteiger charge is -2.39. The Hall–Kier alpha value is -3.20. The molecule has 0 N–H and O–H groups in total. The van der Waals surface area contributed by atoms with Gasteiger partial charge in [-0.3, -0.25) is 24.3 Å². The second-order valence-electron chi connectivity index (χ2n) is 9.86. The SMILES string of the molecule is CC1=CC[C@H]2C(=O)N(CC#CCN3CCN(C(c4ccccc4)c4ccccc4)CC3)C(=O)[C@H]2C1. The smallest absolute Gasteiger partial charge is 0.234 e. The molecule has 2 fully saturated rings. The van der Waals surface area contributed by atoms with Crippen molar-refractivity contribution in [3.8, 4) is 11.8 Å². The van der Waals surface area contributed by atoms with Gasteiger partial charge in [0, 0.05) is 26.2 Å². The van der Waals surface area contributed by atoms with Crippen LogP contribution in [0.25, 0.3) is 0 Å². The summed E-state index contributed by atoms with van der Waals surface area (Å²) < 4.78 is 0. The molecule has 35 heavy (non-hydrogen) atoms. The lowest BCUT2D eigenvalue weighted by Crippen LogP contribution is -2.47. The van der Waals surface area contributed by atoms with E-state index in [4.69, 9.17) is 0 Å². The molecule has 2 atom stereocenters. The van der Waals surface area contributed by atoms with Crippen LogP contribution in [0.1, 0.15) is 36.9 Å². The second-order valence-corrected chi connectivity index (χ2v) is 9.86. The fourth-order valence-electron chi connectivity index (χ4n) is 5.63. The molecule has 0 saturated carbocycles. The Labute approximate surface area is 208 Å². The Morgan fingerprint density at radius 1 is 0.800 bits per heavy atom. The van der Waals surface area contributed by atoms with Gasteiger partial charge in [0.25, 0.3) is 0 Å². The van der Waals surface area contributed by atoms with Crippen molar-refractivity contribution in [2.75, 3.05) is 39.3 Å². The quantitative estimate of drug-likeness (QED) is 0.382. The first-order valence-electron chi connectivity index (χ1n) is 12.6. The van der Waals surface area contributed by atoms with Crippen LogP contribution in [0.4, 0.5) is 0 Å². The van der Waals surface area contributed by atoms with E-state index in [9.17, 15) is 9.59 Å². The monoisotopic (exact) mass is 467 g/mol. The van der Waals surface area contributed by atoms with Crippen molar-refractivity contribution < 1.29 is 9.59 Å². The summed E-state index contributed by atoms with van der Waals surface area (Å²) in [6.07, 6.45) is 3.49. The Bertz CT molecular complexity index is 1100. The van der Waals surface area contributed by atoms with E-state index in [1.54, 1.807) is 0 Å². The van der Waals surface area contributed by atoms with Crippen LogP contribution in [-0.2, 0) is 9.59 Å². The first kappa shape index (κ1) is 23.5. The topological polar surface area (TPSA) is 43.9 Å². The highest BCUT2D eigenvalue weighted by Crippen LogP contribution is 2.37. The fourth-order valence-corrected chi connectivity index (χ4v) is 5.63. The number of likely N-dealkylation sites (tertiary alicyclic amines) is 1. The highest BCUT2D eigenvalue weighted by atomic mass is 16.2. The average molecular weight is 468 g/mol. The number of benzene rings is 2. The molecule has 2 saturated heterocycles. The van der Waals surface area contributed by atoms with Crippen molar-refractivity contribution >= 4 is 11.8 Å². The standard InChI is InChI=1S/C30H33N3O2/c1-23-14-15-26-27(22-23)30(35)33(29(26)34)17-9-8-16-31-18-20-32(21-19-31)28(24-10-4-2-5-11-24)25-12-6-3-7-13-25/h2-7,10-14,26-28H,15-22H2,1H3/t26-,27+/m1/s1. The van der Waals surface area contributed by atoms with Crippen LogP contribution in [0.2, 0.25) is 0 Å². The van der Waals surface area contributed by atoms with E-state index in [0.717, 1.165) is 26.2 Å². The van der Waals surface area contributed by atoms with Crippen LogP contribution >= 0.6 is 0 Å². The maximum atomic E-state index is 12.7. The number of hydrogen-bond donors (Lipinski definition) is 0. The van der Waals surface area contributed by atoms with Gasteiger partial charge in [-0.1, -0.05) is 84.2 Å². The van der Waals surface area contributed by atoms with E-state index >= 15 is 0 Å². The lowest BCUT2D eigenvalue weighted by molar-refractivity contribution is -0.139. The second kappa shape index (κ2) is 10.6. The van der Waals surface area contributed by atoms with Crippen molar-refractivity contribution in [1.29, 1.82) is 0 Å². The Morgan fingerprint density at radius 3 is 2.00 bits per heavy atom. The van der Waals surface area contributed by atoms with Gasteiger partial charge in [0.1, 0.15) is 0 Å². The molecule has 180 valence electrons. The van der Waals surface area contributed by atoms with Crippen LogP contribution in [0.5, 0.6) is 0 Å². The van der Waals surface area contributed by atoms with Crippen LogP contribution < -0.4 is 0 Å². The van der Waals surface area contributed by atoms with Gasteiger partial charge < -0.3 is 0 Å². The van der Waals surface area contributed by atoms with E-state index in [1.807, 2.05) is 6.92 Å². The molecule has 5 rings (SSSR count). The molecule has 0 unspecified atom stereocenters. The molecular weight excluding hydrogens is 434 g/mol. The summed E-state index contributed by atoms with van der Waals surface area (Å²) in [5.74, 6) is 5.89. The van der Waals surface area contributed by atoms with Gasteiger partial charge in [0.15, 0.2) is 0 Å². The number of amides is 2. The zero-order valence-electron chi connectivity index (χ0n) is 20.4. The van der Waals surface area contributed by atoms with Crippen LogP contribution in [0.15, 0.2) is 72.3 Å². The van der Waals surface area contributed by atoms with E-state index in [1.165, 1.54) is 21.6 Å². The number of hydrogen-bond acceptors (Lipinski definition) is 4. The molecule has 5 nitrogen and oxygen atoms in total. The normalized spacial score (nSPS) is 23.1. The zero-order chi connectivity index (χ0) is 24.2. The molecule has 0 aromatic heterocycles. The molecule has 1 aliphatic carbocycles. The third-order valence-electron chi connectivity index (χ3n) is 7.58. The van der Waals surface area contributed by atoms with Gasteiger partial charge >= 0.3 is 0 Å². The van der Waals surface area contributed by atoms with E-state index in [-0.39, 0.29) is 36.2 Å². The van der Waals surface area contributed by atoms with E-state index < -0.39 is 0 Å². The Morgan fingerprint density at radius 2 is 1.37 bits per heavy atom. The predicted octanol–water partition coefficient (Wildman–Crippen LogP) is 3.74. The van der Waals surface area contributed by atoms with Gasteiger partial charge in [-0.25, -0.2) is 0 Å². The third-order valence-corrected chi connectivity index (χ3v) is 7.58. The molecule has 0 spiro atoms. The molecule has 0 bridgehead atoms. The molecule has 0 radical (unpaired) electrons. The molecule has 2 amide bonds. The fraction of sp³-hybridized carbons (Fsp3) is 0.400. The predicted molar refractivity (Wildman–Crippen MR) is 137 cm³/mol. The summed E-state index contributed by atoms with van der Waals surface area (Å²) in [6.45, 7) is 6.75. The number of nitrogens with zero attached hydrogens (tertiary/aromatic N) is 3. The molecule has 3 aliphatic rings. The molecular formula is C30H33N3O2. The minimum absolute atomic E-state index is 0.0387. The van der Waals surface area contributed by atoms with E-state index in [0.29, 0.717) is 19.4 Å². The maximum Gasteiger partial charge on any atom is 0.234 e. The number of carbonyl (C=O) groups excluding carboxylic acids is 2. The van der Waals surface area contributed by atoms with Gasteiger partial charge in [0.05, 0.1) is 31.0 Å². The van der Waals surface area contributed by atoms with Crippen molar-refractivity contribution in [2.24, 2.45) is 11.8 Å². The first-order valence-corrected chi connectivity index (χ1v) is 12.6. The summed E-state index contributed by atoms with van der Waals surface area (Å²) in [5.41, 5.74) is 3.84. The maximum absolute atomic E-state index is 12.7. The highest BCUT2D eigenvalue weighted by Gasteiger charge is 2.47. The van der Waals surface area contributed by atoms with Gasteiger partial charge in [-0.2, -0.15) is 0 Å². The third kappa shape index (κ3) is 5.10. The van der Waals surface area contributed by atoms with Crippen LogP contribution in [0.3, 0.4) is 0 Å². The van der Waals surface area contributed by atoms with Gasteiger partial charge in [-0.15, -0.1) is 0 Å². The number of imide groups is 1. The van der Waals surface area contributed by atoms with Gasteiger partial charge in [-0.05, 0) is 30.9 Å². The molecule has 2 aromatic carbocycles. The first-order chi connectivity index (χ1) is 17.1. The van der Waals surface area contributed by atoms with Crippen LogP contribution in [0, 0.1) is 23.7 Å². The number of allylic oxidation sites excluding steroid dienone is 2. The number of rotatable bonds is 5. The summed E-state index contributed by atoms with van der Waals surface area (Å²) in [5, 5.41) is 0.